The van der Waals surface area contributed by atoms with E-state index in [1.807, 2.05) is 0 Å². The summed E-state index contributed by atoms with van der Waals surface area (Å²) in [6.45, 7) is 2.95. The van der Waals surface area contributed by atoms with Crippen LogP contribution < -0.4 is 15.5 Å². The van der Waals surface area contributed by atoms with E-state index < -0.39 is 0 Å². The van der Waals surface area contributed by atoms with Crippen molar-refractivity contribution in [1.29, 1.82) is 0 Å². The molecule has 2 heterocycles. The van der Waals surface area contributed by atoms with Crippen molar-refractivity contribution in [1.82, 2.24) is 4.57 Å². The number of anilines is 2. The van der Waals surface area contributed by atoms with Gasteiger partial charge < -0.3 is 20.1 Å². The first-order chi connectivity index (χ1) is 12.0. The molecule has 132 valence electrons. The molecule has 0 saturated carbocycles. The number of rotatable bonds is 5. The summed E-state index contributed by atoms with van der Waals surface area (Å²) in [6, 6.07) is 11.8. The van der Waals surface area contributed by atoms with Crippen LogP contribution in [0.25, 0.3) is 0 Å². The van der Waals surface area contributed by atoms with Crippen molar-refractivity contribution in [2.45, 2.75) is 25.8 Å². The number of aromatic nitrogens is 1. The van der Waals surface area contributed by atoms with Crippen LogP contribution in [0.1, 0.15) is 31.5 Å². The van der Waals surface area contributed by atoms with Gasteiger partial charge in [0.1, 0.15) is 6.04 Å². The van der Waals surface area contributed by atoms with Crippen molar-refractivity contribution in [3.63, 3.8) is 0 Å². The van der Waals surface area contributed by atoms with E-state index in [1.54, 1.807) is 24.3 Å². The summed E-state index contributed by atoms with van der Waals surface area (Å²) in [4.78, 5) is 24.8. The van der Waals surface area contributed by atoms with E-state index in [-0.39, 0.29) is 11.8 Å². The summed E-state index contributed by atoms with van der Waals surface area (Å²) in [5.74, 6) is -0.0930. The fourth-order valence-corrected chi connectivity index (χ4v) is 3.57. The van der Waals surface area contributed by atoms with Gasteiger partial charge in [-0.2, -0.15) is 0 Å². The Morgan fingerprint density at radius 2 is 1.84 bits per heavy atom. The maximum Gasteiger partial charge on any atom is 0.279 e. The highest BCUT2D eigenvalue weighted by molar-refractivity contribution is 5.92. The van der Waals surface area contributed by atoms with Gasteiger partial charge in [-0.3, -0.25) is 9.59 Å². The van der Waals surface area contributed by atoms with Crippen molar-refractivity contribution >= 4 is 23.2 Å². The monoisotopic (exact) mass is 341 g/mol. The summed E-state index contributed by atoms with van der Waals surface area (Å²) >= 11 is 0. The maximum absolute atomic E-state index is 12.4. The lowest BCUT2D eigenvalue weighted by Gasteiger charge is -2.21. The third-order valence-corrected chi connectivity index (χ3v) is 4.70. The molecule has 6 heteroatoms. The zero-order valence-corrected chi connectivity index (χ0v) is 14.7. The van der Waals surface area contributed by atoms with E-state index in [0.29, 0.717) is 12.6 Å². The minimum absolute atomic E-state index is 0.0170. The number of quaternary nitrogens is 1. The number of benzene rings is 1. The summed E-state index contributed by atoms with van der Waals surface area (Å²) in [6.07, 6.45) is 4.32. The van der Waals surface area contributed by atoms with Gasteiger partial charge in [0, 0.05) is 44.4 Å². The Balaban J connectivity index is 1.58. The third kappa shape index (κ3) is 4.28. The van der Waals surface area contributed by atoms with Crippen LogP contribution in [0.15, 0.2) is 42.6 Å². The number of carbonyl (C=O) groups excluding carboxylic acids is 2. The minimum Gasteiger partial charge on any atom is -0.350 e. The van der Waals surface area contributed by atoms with E-state index in [2.05, 4.69) is 40.6 Å². The van der Waals surface area contributed by atoms with Crippen LogP contribution in [0.2, 0.25) is 0 Å². The van der Waals surface area contributed by atoms with Crippen LogP contribution in [-0.4, -0.2) is 29.5 Å². The van der Waals surface area contributed by atoms with Gasteiger partial charge in [0.2, 0.25) is 5.91 Å². The molecule has 1 unspecified atom stereocenters. The standard InChI is InChI=1S/C19H24N4O2/c1-14(24)20-15-7-9-16(10-8-15)21-19(25)13-23-12-4-6-18(23)17-5-3-11-22(17)2/h3,5,7-11,18H,4,6,12-13H2,1-2H3,(H,20,24)(H,21,25)/p+1/t18-/m0/s1. The Bertz CT molecular complexity index is 751. The van der Waals surface area contributed by atoms with Crippen molar-refractivity contribution < 1.29 is 14.5 Å². The van der Waals surface area contributed by atoms with Crippen molar-refractivity contribution in [3.05, 3.63) is 48.3 Å². The molecule has 1 saturated heterocycles. The molecule has 0 radical (unpaired) electrons. The van der Waals surface area contributed by atoms with Gasteiger partial charge in [-0.15, -0.1) is 0 Å². The third-order valence-electron chi connectivity index (χ3n) is 4.70. The second kappa shape index (κ2) is 7.53. The molecule has 1 aromatic heterocycles. The predicted octanol–water partition coefficient (Wildman–Crippen LogP) is 1.34. The number of carbonyl (C=O) groups is 2. The Hall–Kier alpha value is -2.60. The van der Waals surface area contributed by atoms with Crippen LogP contribution in [0.3, 0.4) is 0 Å². The molecule has 6 nitrogen and oxygen atoms in total. The highest BCUT2D eigenvalue weighted by atomic mass is 16.2. The molecule has 1 fully saturated rings. The van der Waals surface area contributed by atoms with E-state index in [4.69, 9.17) is 0 Å². The van der Waals surface area contributed by atoms with E-state index in [0.717, 1.165) is 30.8 Å². The molecule has 0 aliphatic carbocycles. The van der Waals surface area contributed by atoms with Crippen molar-refractivity contribution in [3.8, 4) is 0 Å². The molecular formula is C19H25N4O2+. The van der Waals surface area contributed by atoms with E-state index in [9.17, 15) is 9.59 Å². The average Bonchev–Trinajstić information content (AvgIpc) is 3.17. The summed E-state index contributed by atoms with van der Waals surface area (Å²) in [5.41, 5.74) is 2.76. The van der Waals surface area contributed by atoms with E-state index >= 15 is 0 Å². The van der Waals surface area contributed by atoms with Crippen LogP contribution in [-0.2, 0) is 16.6 Å². The SMILES string of the molecule is CC(=O)Nc1ccc(NC(=O)C[NH+]2CCC[C@H]2c2cccn2C)cc1. The smallest absolute Gasteiger partial charge is 0.279 e. The highest BCUT2D eigenvalue weighted by Gasteiger charge is 2.32. The number of aryl methyl sites for hydroxylation is 1. The Labute approximate surface area is 147 Å². The van der Waals surface area contributed by atoms with Crippen LogP contribution >= 0.6 is 0 Å². The number of likely N-dealkylation sites (tertiary alicyclic amines) is 1. The topological polar surface area (TPSA) is 67.6 Å². The first-order valence-corrected chi connectivity index (χ1v) is 8.66. The normalized spacial score (nSPS) is 19.6. The molecule has 3 N–H and O–H groups in total. The minimum atomic E-state index is -0.110. The number of hydrogen-bond acceptors (Lipinski definition) is 2. The van der Waals surface area contributed by atoms with Crippen LogP contribution in [0, 0.1) is 0 Å². The van der Waals surface area contributed by atoms with Crippen molar-refractivity contribution in [2.24, 2.45) is 7.05 Å². The largest absolute Gasteiger partial charge is 0.350 e. The zero-order valence-electron chi connectivity index (χ0n) is 14.7. The number of amides is 2. The lowest BCUT2D eigenvalue weighted by molar-refractivity contribution is -0.910. The number of nitrogens with zero attached hydrogens (tertiary/aromatic N) is 1. The molecule has 2 amide bonds. The molecule has 1 aromatic carbocycles. The molecule has 1 aliphatic rings. The number of hydrogen-bond donors (Lipinski definition) is 3. The van der Waals surface area contributed by atoms with E-state index in [1.165, 1.54) is 17.5 Å². The fraction of sp³-hybridized carbons (Fsp3) is 0.368. The second-order valence-corrected chi connectivity index (χ2v) is 6.63. The maximum atomic E-state index is 12.4. The summed E-state index contributed by atoms with van der Waals surface area (Å²) < 4.78 is 2.15. The van der Waals surface area contributed by atoms with Crippen molar-refractivity contribution in [2.75, 3.05) is 23.7 Å². The van der Waals surface area contributed by atoms with Gasteiger partial charge >= 0.3 is 0 Å². The summed E-state index contributed by atoms with van der Waals surface area (Å²) in [5, 5.41) is 5.66. The molecule has 3 rings (SSSR count). The molecule has 2 aromatic rings. The van der Waals surface area contributed by atoms with Crippen LogP contribution in [0.5, 0.6) is 0 Å². The van der Waals surface area contributed by atoms with Gasteiger partial charge in [0.15, 0.2) is 6.54 Å². The molecule has 25 heavy (non-hydrogen) atoms. The fourth-order valence-electron chi connectivity index (χ4n) is 3.57. The Morgan fingerprint density at radius 1 is 1.16 bits per heavy atom. The van der Waals surface area contributed by atoms with Gasteiger partial charge in [-0.25, -0.2) is 0 Å². The van der Waals surface area contributed by atoms with Crippen LogP contribution in [0.4, 0.5) is 11.4 Å². The predicted molar refractivity (Wildman–Crippen MR) is 97.5 cm³/mol. The average molecular weight is 341 g/mol. The first-order valence-electron chi connectivity index (χ1n) is 8.66. The van der Waals surface area contributed by atoms with Gasteiger partial charge in [0.05, 0.1) is 12.2 Å². The Morgan fingerprint density at radius 3 is 2.44 bits per heavy atom. The lowest BCUT2D eigenvalue weighted by Crippen LogP contribution is -3.11. The first kappa shape index (κ1) is 17.2. The van der Waals surface area contributed by atoms with Gasteiger partial charge in [-0.05, 0) is 36.4 Å². The summed E-state index contributed by atoms with van der Waals surface area (Å²) in [7, 11) is 2.06. The quantitative estimate of drug-likeness (QED) is 0.768. The zero-order chi connectivity index (χ0) is 17.8. The molecule has 0 bridgehead atoms. The van der Waals surface area contributed by atoms with Gasteiger partial charge in [-0.1, -0.05) is 0 Å². The van der Waals surface area contributed by atoms with Gasteiger partial charge in [0.25, 0.3) is 5.91 Å². The molecule has 2 atom stereocenters. The molecule has 0 spiro atoms. The second-order valence-electron chi connectivity index (χ2n) is 6.63. The molecular weight excluding hydrogens is 316 g/mol. The molecule has 1 aliphatic heterocycles. The Kier molecular flexibility index (Phi) is 5.19. The number of nitrogens with one attached hydrogen (secondary N) is 3. The lowest BCUT2D eigenvalue weighted by atomic mass is 10.1. The highest BCUT2D eigenvalue weighted by Crippen LogP contribution is 2.19.